The highest BCUT2D eigenvalue weighted by Gasteiger charge is 2.01. The lowest BCUT2D eigenvalue weighted by atomic mass is 10.1. The number of benzene rings is 2. The summed E-state index contributed by atoms with van der Waals surface area (Å²) in [4.78, 5) is 15.3. The number of nitrogens with zero attached hydrogens (tertiary/aromatic N) is 1. The zero-order valence-corrected chi connectivity index (χ0v) is 18.4. The molecule has 0 aliphatic carbocycles. The fraction of sp³-hybridized carbons (Fsp3) is 0.333. The predicted octanol–water partition coefficient (Wildman–Crippen LogP) is 4.95. The maximum Gasteiger partial charge on any atom is 0.305 e. The van der Waals surface area contributed by atoms with Crippen molar-refractivity contribution in [1.82, 2.24) is 0 Å². The largest absolute Gasteiger partial charge is 0.469 e. The van der Waals surface area contributed by atoms with Crippen LogP contribution < -0.4 is 15.8 Å². The van der Waals surface area contributed by atoms with E-state index in [1.807, 2.05) is 54.6 Å². The highest BCUT2D eigenvalue weighted by Crippen LogP contribution is 2.23. The van der Waals surface area contributed by atoms with Crippen LogP contribution in [0.2, 0.25) is 0 Å². The number of rotatable bonds is 10. The highest BCUT2D eigenvalue weighted by atomic mass is 127. The average Bonchev–Trinajstić information content (AvgIpc) is 2.68. The summed E-state index contributed by atoms with van der Waals surface area (Å²) in [5.41, 5.74) is 6.77. The zero-order valence-electron chi connectivity index (χ0n) is 16.1. The van der Waals surface area contributed by atoms with Crippen LogP contribution in [0, 0.1) is 0 Å². The summed E-state index contributed by atoms with van der Waals surface area (Å²) in [5.74, 6) is 1.73. The third-order valence-corrected chi connectivity index (χ3v) is 3.88. The van der Waals surface area contributed by atoms with E-state index in [1.165, 1.54) is 7.11 Å². The van der Waals surface area contributed by atoms with Gasteiger partial charge in [-0.1, -0.05) is 37.1 Å². The molecule has 6 nitrogen and oxygen atoms in total. The van der Waals surface area contributed by atoms with Gasteiger partial charge in [0, 0.05) is 24.7 Å². The standard InChI is InChI=1S/C21H27N3O3.HI/c1-26-20(25)14-7-2-3-8-15-23-21(22)24-17-10-9-13-19(16-17)27-18-11-5-4-6-12-18;/h4-6,9-13,16H,2-3,7-8,14-15H2,1H3,(H3,22,23,24);1H. The molecule has 2 rings (SSSR count). The van der Waals surface area contributed by atoms with E-state index in [-0.39, 0.29) is 29.9 Å². The van der Waals surface area contributed by atoms with Crippen molar-refractivity contribution in [3.05, 3.63) is 54.6 Å². The summed E-state index contributed by atoms with van der Waals surface area (Å²) in [5, 5.41) is 3.08. The van der Waals surface area contributed by atoms with Gasteiger partial charge in [-0.15, -0.1) is 24.0 Å². The van der Waals surface area contributed by atoms with Gasteiger partial charge in [-0.05, 0) is 37.1 Å². The number of esters is 1. The molecule has 2 aromatic carbocycles. The quantitative estimate of drug-likeness (QED) is 0.160. The van der Waals surface area contributed by atoms with Crippen LogP contribution in [-0.4, -0.2) is 25.6 Å². The van der Waals surface area contributed by atoms with Crippen molar-refractivity contribution in [3.8, 4) is 11.5 Å². The number of ether oxygens (including phenoxy) is 2. The van der Waals surface area contributed by atoms with E-state index in [0.717, 1.165) is 42.9 Å². The fourth-order valence-corrected chi connectivity index (χ4v) is 2.49. The molecule has 0 amide bonds. The molecule has 0 atom stereocenters. The number of carbonyl (C=O) groups excluding carboxylic acids is 1. The topological polar surface area (TPSA) is 85.9 Å². The molecule has 3 N–H and O–H groups in total. The van der Waals surface area contributed by atoms with Gasteiger partial charge in [0.05, 0.1) is 7.11 Å². The molecular formula is C21H28IN3O3. The van der Waals surface area contributed by atoms with Gasteiger partial charge in [0.15, 0.2) is 5.96 Å². The highest BCUT2D eigenvalue weighted by molar-refractivity contribution is 14.0. The predicted molar refractivity (Wildman–Crippen MR) is 124 cm³/mol. The van der Waals surface area contributed by atoms with Crippen LogP contribution in [0.1, 0.15) is 32.1 Å². The number of nitrogens with one attached hydrogen (secondary N) is 1. The molecule has 0 radical (unpaired) electrons. The van der Waals surface area contributed by atoms with Gasteiger partial charge < -0.3 is 20.5 Å². The van der Waals surface area contributed by atoms with E-state index in [2.05, 4.69) is 15.0 Å². The van der Waals surface area contributed by atoms with Gasteiger partial charge in [-0.2, -0.15) is 0 Å². The normalized spacial score (nSPS) is 10.7. The van der Waals surface area contributed by atoms with Gasteiger partial charge in [0.2, 0.25) is 0 Å². The maximum absolute atomic E-state index is 11.0. The van der Waals surface area contributed by atoms with E-state index in [9.17, 15) is 4.79 Å². The molecular weight excluding hydrogens is 469 g/mol. The van der Waals surface area contributed by atoms with Gasteiger partial charge >= 0.3 is 5.97 Å². The minimum Gasteiger partial charge on any atom is -0.469 e. The van der Waals surface area contributed by atoms with E-state index in [0.29, 0.717) is 18.9 Å². The van der Waals surface area contributed by atoms with Gasteiger partial charge in [-0.25, -0.2) is 0 Å². The Morgan fingerprint density at radius 3 is 2.46 bits per heavy atom. The van der Waals surface area contributed by atoms with Gasteiger partial charge in [0.25, 0.3) is 0 Å². The minimum absolute atomic E-state index is 0. The maximum atomic E-state index is 11.0. The molecule has 152 valence electrons. The van der Waals surface area contributed by atoms with E-state index in [4.69, 9.17) is 10.5 Å². The molecule has 2 aromatic rings. The number of aliphatic imine (C=N–C) groups is 1. The first-order valence-corrected chi connectivity index (χ1v) is 9.14. The zero-order chi connectivity index (χ0) is 19.3. The molecule has 0 fully saturated rings. The van der Waals surface area contributed by atoms with Crippen LogP contribution in [0.5, 0.6) is 11.5 Å². The third-order valence-electron chi connectivity index (χ3n) is 3.88. The van der Waals surface area contributed by atoms with Crippen molar-refractivity contribution in [2.24, 2.45) is 10.7 Å². The smallest absolute Gasteiger partial charge is 0.305 e. The van der Waals surface area contributed by atoms with Crippen LogP contribution >= 0.6 is 24.0 Å². The summed E-state index contributed by atoms with van der Waals surface area (Å²) in [6.07, 6.45) is 4.24. The number of anilines is 1. The Hall–Kier alpha value is -2.29. The molecule has 0 spiro atoms. The summed E-state index contributed by atoms with van der Waals surface area (Å²) < 4.78 is 10.4. The number of methoxy groups -OCH3 is 1. The minimum atomic E-state index is -0.153. The summed E-state index contributed by atoms with van der Waals surface area (Å²) >= 11 is 0. The van der Waals surface area contributed by atoms with Crippen molar-refractivity contribution in [2.45, 2.75) is 32.1 Å². The Morgan fingerprint density at radius 2 is 1.71 bits per heavy atom. The van der Waals surface area contributed by atoms with Crippen LogP contribution in [0.3, 0.4) is 0 Å². The summed E-state index contributed by atoms with van der Waals surface area (Å²) in [7, 11) is 1.41. The van der Waals surface area contributed by atoms with Crippen molar-refractivity contribution < 1.29 is 14.3 Å². The molecule has 7 heteroatoms. The van der Waals surface area contributed by atoms with Crippen LogP contribution in [0.4, 0.5) is 5.69 Å². The molecule has 0 unspecified atom stereocenters. The number of halogens is 1. The van der Waals surface area contributed by atoms with Gasteiger partial charge in [-0.3, -0.25) is 9.79 Å². The molecule has 28 heavy (non-hydrogen) atoms. The SMILES string of the molecule is COC(=O)CCCCCCN=C(N)Nc1cccc(Oc2ccccc2)c1.I. The van der Waals surface area contributed by atoms with Crippen molar-refractivity contribution >= 4 is 41.6 Å². The van der Waals surface area contributed by atoms with Gasteiger partial charge in [0.1, 0.15) is 11.5 Å². The van der Waals surface area contributed by atoms with Crippen LogP contribution in [0.15, 0.2) is 59.6 Å². The molecule has 0 saturated heterocycles. The number of carbonyl (C=O) groups is 1. The lowest BCUT2D eigenvalue weighted by molar-refractivity contribution is -0.140. The molecule has 0 bridgehead atoms. The fourth-order valence-electron chi connectivity index (χ4n) is 2.49. The lowest BCUT2D eigenvalue weighted by Gasteiger charge is -2.09. The van der Waals surface area contributed by atoms with Crippen LogP contribution in [-0.2, 0) is 9.53 Å². The summed E-state index contributed by atoms with van der Waals surface area (Å²) in [6.45, 7) is 0.650. The Kier molecular flexibility index (Phi) is 11.7. The van der Waals surface area contributed by atoms with E-state index >= 15 is 0 Å². The second-order valence-electron chi connectivity index (χ2n) is 6.08. The molecule has 0 aliphatic rings. The summed E-state index contributed by atoms with van der Waals surface area (Å²) in [6, 6.07) is 17.2. The molecule has 0 heterocycles. The molecule has 0 aromatic heterocycles. The lowest BCUT2D eigenvalue weighted by Crippen LogP contribution is -2.22. The monoisotopic (exact) mass is 497 g/mol. The molecule has 0 saturated carbocycles. The number of para-hydroxylation sites is 1. The number of hydrogen-bond donors (Lipinski definition) is 2. The Labute approximate surface area is 183 Å². The number of guanidine groups is 1. The second kappa shape index (κ2) is 13.8. The first-order chi connectivity index (χ1) is 13.2. The third kappa shape index (κ3) is 9.59. The first-order valence-electron chi connectivity index (χ1n) is 9.14. The Morgan fingerprint density at radius 1 is 1.00 bits per heavy atom. The van der Waals surface area contributed by atoms with Crippen molar-refractivity contribution in [3.63, 3.8) is 0 Å². The number of nitrogens with two attached hydrogens (primary N) is 1. The number of unbranched alkanes of at least 4 members (excludes halogenated alkanes) is 3. The second-order valence-corrected chi connectivity index (χ2v) is 6.08. The Bertz CT molecular complexity index is 739. The van der Waals surface area contributed by atoms with Crippen molar-refractivity contribution in [1.29, 1.82) is 0 Å². The van der Waals surface area contributed by atoms with Crippen molar-refractivity contribution in [2.75, 3.05) is 19.0 Å². The van der Waals surface area contributed by atoms with E-state index < -0.39 is 0 Å². The van der Waals surface area contributed by atoms with E-state index in [1.54, 1.807) is 0 Å². The van der Waals surface area contributed by atoms with Crippen LogP contribution in [0.25, 0.3) is 0 Å². The Balaban J connectivity index is 0.00000392. The first kappa shape index (κ1) is 23.7. The molecule has 0 aliphatic heterocycles. The number of hydrogen-bond acceptors (Lipinski definition) is 4. The average molecular weight is 497 g/mol.